The topological polar surface area (TPSA) is 104 Å². The Hall–Kier alpha value is -2.62. The van der Waals surface area contributed by atoms with Crippen LogP contribution in [0.5, 0.6) is 0 Å². The first-order chi connectivity index (χ1) is 13.3. The smallest absolute Gasteiger partial charge is 0.344 e. The molecule has 29 heavy (non-hydrogen) atoms. The van der Waals surface area contributed by atoms with E-state index in [-0.39, 0.29) is 16.9 Å². The molecule has 13 heteroatoms. The summed E-state index contributed by atoms with van der Waals surface area (Å²) < 4.78 is 78.3. The Balaban J connectivity index is 2.36. The molecule has 0 aliphatic carbocycles. The molecule has 0 bridgehead atoms. The number of nitrogens with zero attached hydrogens (tertiary/aromatic N) is 2. The first-order valence-electron chi connectivity index (χ1n) is 7.72. The van der Waals surface area contributed by atoms with E-state index in [0.717, 1.165) is 29.0 Å². The minimum atomic E-state index is -4.82. The number of anilines is 1. The zero-order valence-electron chi connectivity index (χ0n) is 14.8. The van der Waals surface area contributed by atoms with Crippen molar-refractivity contribution in [2.24, 2.45) is 7.05 Å². The molecule has 1 aromatic carbocycles. The van der Waals surface area contributed by atoms with Crippen molar-refractivity contribution < 1.29 is 30.8 Å². The second-order valence-corrected chi connectivity index (χ2v) is 7.97. The van der Waals surface area contributed by atoms with Crippen molar-refractivity contribution in [2.45, 2.75) is 24.0 Å². The van der Waals surface area contributed by atoms with Gasteiger partial charge in [0.2, 0.25) is 10.0 Å². The summed E-state index contributed by atoms with van der Waals surface area (Å²) in [5.41, 5.74) is -0.678. The summed E-state index contributed by atoms with van der Waals surface area (Å²) in [6.45, 7) is 0.614. The average molecular weight is 453 g/mol. The maximum atomic E-state index is 13.4. The zero-order valence-corrected chi connectivity index (χ0v) is 16.4. The third kappa shape index (κ3) is 4.87. The molecule has 0 fully saturated rings. The monoisotopic (exact) mass is 452 g/mol. The Bertz CT molecular complexity index is 1110. The number of nitrogens with one attached hydrogen (secondary N) is 2. The number of halogens is 5. The van der Waals surface area contributed by atoms with Gasteiger partial charge < -0.3 is 9.88 Å². The second kappa shape index (κ2) is 8.02. The molecule has 1 amide bonds. The third-order valence-corrected chi connectivity index (χ3v) is 5.81. The summed E-state index contributed by atoms with van der Waals surface area (Å²) in [7, 11) is -3.43. The largest absolute Gasteiger partial charge is 0.404 e. The maximum Gasteiger partial charge on any atom is 0.404 e. The molecule has 7 nitrogen and oxygen atoms in total. The molecule has 0 saturated carbocycles. The molecule has 0 spiro atoms. The predicted octanol–water partition coefficient (Wildman–Crippen LogP) is 3.17. The molecule has 0 saturated heterocycles. The number of alkyl halides is 3. The number of hydrogen-bond donors (Lipinski definition) is 2. The van der Waals surface area contributed by atoms with E-state index in [9.17, 15) is 30.8 Å². The highest BCUT2D eigenvalue weighted by Crippen LogP contribution is 2.29. The highest BCUT2D eigenvalue weighted by atomic mass is 35.5. The number of sulfonamides is 1. The molecule has 0 unspecified atom stereocenters. The summed E-state index contributed by atoms with van der Waals surface area (Å²) in [4.78, 5) is 11.8. The van der Waals surface area contributed by atoms with Crippen LogP contribution in [0.2, 0.25) is 5.02 Å². The van der Waals surface area contributed by atoms with Crippen LogP contribution >= 0.6 is 11.6 Å². The van der Waals surface area contributed by atoms with E-state index in [0.29, 0.717) is 6.92 Å². The predicted molar refractivity (Wildman–Crippen MR) is 95.3 cm³/mol. The highest BCUT2D eigenvalue weighted by molar-refractivity contribution is 7.89. The van der Waals surface area contributed by atoms with Crippen molar-refractivity contribution in [3.63, 3.8) is 0 Å². The van der Waals surface area contributed by atoms with Crippen molar-refractivity contribution in [1.82, 2.24) is 9.29 Å². The lowest BCUT2D eigenvalue weighted by Crippen LogP contribution is -2.42. The van der Waals surface area contributed by atoms with Gasteiger partial charge >= 0.3 is 6.18 Å². The van der Waals surface area contributed by atoms with E-state index in [1.54, 1.807) is 6.07 Å². The standard InChI is InChI=1S/C16H13ClF4N4O3S/c1-8(16(19,20)21)24-29(27,28)12-7-25(2)14(13(12)17)15(26)23-10-3-4-11(18)9(5-10)6-22/h3-5,7-8,24H,1-2H3,(H,23,26)/t8-/m0/s1. The number of benzene rings is 1. The van der Waals surface area contributed by atoms with Gasteiger partial charge in [-0.25, -0.2) is 12.8 Å². The highest BCUT2D eigenvalue weighted by Gasteiger charge is 2.40. The van der Waals surface area contributed by atoms with Gasteiger partial charge in [0.15, 0.2) is 0 Å². The molecule has 1 heterocycles. The SMILES string of the molecule is C[C@H](NS(=O)(=O)c1cn(C)c(C(=O)Nc2ccc(F)c(C#N)c2)c1Cl)C(F)(F)F. The Labute approximate surface area is 167 Å². The van der Waals surface area contributed by atoms with Gasteiger partial charge in [-0.05, 0) is 25.1 Å². The molecule has 2 N–H and O–H groups in total. The lowest BCUT2D eigenvalue weighted by molar-refractivity contribution is -0.147. The van der Waals surface area contributed by atoms with Gasteiger partial charge in [0.05, 0.1) is 10.6 Å². The fraction of sp³-hybridized carbons (Fsp3) is 0.250. The Morgan fingerprint density at radius 1 is 1.34 bits per heavy atom. The van der Waals surface area contributed by atoms with E-state index < -0.39 is 43.9 Å². The molecule has 0 aliphatic rings. The molecule has 0 radical (unpaired) electrons. The quantitative estimate of drug-likeness (QED) is 0.680. The minimum absolute atomic E-state index is 0.0263. The van der Waals surface area contributed by atoms with Crippen LogP contribution in [-0.2, 0) is 17.1 Å². The number of amides is 1. The van der Waals surface area contributed by atoms with Crippen LogP contribution < -0.4 is 10.0 Å². The van der Waals surface area contributed by atoms with Crippen LogP contribution in [0.25, 0.3) is 0 Å². The summed E-state index contributed by atoms with van der Waals surface area (Å²) in [6, 6.07) is 2.36. The number of carbonyl (C=O) groups is 1. The number of nitriles is 1. The summed E-state index contributed by atoms with van der Waals surface area (Å²) in [5.74, 6) is -1.72. The number of aromatic nitrogens is 1. The van der Waals surface area contributed by atoms with Gasteiger partial charge in [-0.15, -0.1) is 0 Å². The summed E-state index contributed by atoms with van der Waals surface area (Å²) >= 11 is 5.96. The van der Waals surface area contributed by atoms with Crippen LogP contribution in [0.3, 0.4) is 0 Å². The van der Waals surface area contributed by atoms with E-state index in [4.69, 9.17) is 16.9 Å². The van der Waals surface area contributed by atoms with Crippen LogP contribution in [0.4, 0.5) is 23.2 Å². The molecule has 1 aromatic heterocycles. The van der Waals surface area contributed by atoms with Gasteiger partial charge in [-0.1, -0.05) is 11.6 Å². The number of rotatable bonds is 5. The minimum Gasteiger partial charge on any atom is -0.344 e. The van der Waals surface area contributed by atoms with Crippen LogP contribution in [0.1, 0.15) is 23.0 Å². The molecular formula is C16H13ClF4N4O3S. The van der Waals surface area contributed by atoms with Crippen molar-refractivity contribution >= 4 is 33.2 Å². The van der Waals surface area contributed by atoms with Crippen molar-refractivity contribution in [3.8, 4) is 6.07 Å². The van der Waals surface area contributed by atoms with Gasteiger partial charge in [0.1, 0.15) is 28.5 Å². The second-order valence-electron chi connectivity index (χ2n) is 5.91. The number of hydrogen-bond acceptors (Lipinski definition) is 4. The van der Waals surface area contributed by atoms with Crippen LogP contribution in [0, 0.1) is 17.1 Å². The molecular weight excluding hydrogens is 440 g/mol. The first-order valence-corrected chi connectivity index (χ1v) is 9.59. The van der Waals surface area contributed by atoms with Gasteiger partial charge in [0.25, 0.3) is 5.91 Å². The maximum absolute atomic E-state index is 13.4. The summed E-state index contributed by atoms with van der Waals surface area (Å²) in [5, 5.41) is 10.5. The molecule has 156 valence electrons. The van der Waals surface area contributed by atoms with Gasteiger partial charge in [0, 0.05) is 18.9 Å². The van der Waals surface area contributed by atoms with Gasteiger partial charge in [-0.2, -0.15) is 23.2 Å². The fourth-order valence-corrected chi connectivity index (χ4v) is 4.19. The molecule has 0 aliphatic heterocycles. The van der Waals surface area contributed by atoms with Crippen LogP contribution in [0.15, 0.2) is 29.3 Å². The molecule has 2 aromatic rings. The lowest BCUT2D eigenvalue weighted by Gasteiger charge is -2.16. The first kappa shape index (κ1) is 22.7. The number of aryl methyl sites for hydroxylation is 1. The fourth-order valence-electron chi connectivity index (χ4n) is 2.26. The Morgan fingerprint density at radius 3 is 2.52 bits per heavy atom. The Morgan fingerprint density at radius 2 is 1.97 bits per heavy atom. The van der Waals surface area contributed by atoms with Gasteiger partial charge in [-0.3, -0.25) is 4.79 Å². The van der Waals surface area contributed by atoms with Crippen molar-refractivity contribution in [1.29, 1.82) is 5.26 Å². The molecule has 2 rings (SSSR count). The normalized spacial score (nSPS) is 13.0. The average Bonchev–Trinajstić information content (AvgIpc) is 2.90. The number of carbonyl (C=O) groups excluding carboxylic acids is 1. The van der Waals surface area contributed by atoms with Crippen molar-refractivity contribution in [3.05, 3.63) is 46.5 Å². The third-order valence-electron chi connectivity index (χ3n) is 3.76. The lowest BCUT2D eigenvalue weighted by atomic mass is 10.2. The van der Waals surface area contributed by atoms with E-state index >= 15 is 0 Å². The van der Waals surface area contributed by atoms with Crippen LogP contribution in [-0.4, -0.2) is 31.1 Å². The van der Waals surface area contributed by atoms with E-state index in [1.807, 2.05) is 0 Å². The van der Waals surface area contributed by atoms with Crippen molar-refractivity contribution in [2.75, 3.05) is 5.32 Å². The molecule has 1 atom stereocenters. The Kier molecular flexibility index (Phi) is 6.27. The van der Waals surface area contributed by atoms with E-state index in [1.165, 1.54) is 11.8 Å². The van der Waals surface area contributed by atoms with E-state index in [2.05, 4.69) is 5.32 Å². The summed E-state index contributed by atoms with van der Waals surface area (Å²) in [6.07, 6.45) is -3.94. The zero-order chi connectivity index (χ0) is 22.1.